The van der Waals surface area contributed by atoms with Crippen LogP contribution in [0.3, 0.4) is 0 Å². The van der Waals surface area contributed by atoms with E-state index in [4.69, 9.17) is 16.3 Å². The maximum atomic E-state index is 6.14. The van der Waals surface area contributed by atoms with Crippen LogP contribution in [0.5, 0.6) is 5.88 Å². The average Bonchev–Trinajstić information content (AvgIpc) is 2.75. The average molecular weight is 304 g/mol. The SMILES string of the molecule is COc1cc(C)c(-c2c(C)nn3c(Cl)nc(C)nc23)cn1. The normalized spacial score (nSPS) is 11.1. The third-order valence-corrected chi connectivity index (χ3v) is 3.54. The van der Waals surface area contributed by atoms with Crippen LogP contribution in [0.15, 0.2) is 12.3 Å². The zero-order chi connectivity index (χ0) is 15.1. The number of methoxy groups -OCH3 is 1. The zero-order valence-corrected chi connectivity index (χ0v) is 12.9. The van der Waals surface area contributed by atoms with Crippen molar-refractivity contribution >= 4 is 17.2 Å². The number of hydrogen-bond acceptors (Lipinski definition) is 5. The molecule has 3 heterocycles. The number of aryl methyl sites for hydroxylation is 3. The summed E-state index contributed by atoms with van der Waals surface area (Å²) < 4.78 is 6.69. The second-order valence-electron chi connectivity index (χ2n) is 4.78. The van der Waals surface area contributed by atoms with E-state index in [1.54, 1.807) is 24.7 Å². The van der Waals surface area contributed by atoms with Gasteiger partial charge in [-0.05, 0) is 37.9 Å². The number of pyridine rings is 1. The lowest BCUT2D eigenvalue weighted by Gasteiger charge is -2.07. The third kappa shape index (κ3) is 2.21. The van der Waals surface area contributed by atoms with Gasteiger partial charge in [-0.1, -0.05) is 0 Å². The van der Waals surface area contributed by atoms with Crippen LogP contribution in [-0.4, -0.2) is 31.7 Å². The Kier molecular flexibility index (Phi) is 3.25. The van der Waals surface area contributed by atoms with Crippen LogP contribution in [0, 0.1) is 20.8 Å². The van der Waals surface area contributed by atoms with Crippen molar-refractivity contribution in [1.82, 2.24) is 24.6 Å². The first kappa shape index (κ1) is 13.8. The molecular weight excluding hydrogens is 290 g/mol. The van der Waals surface area contributed by atoms with E-state index < -0.39 is 0 Å². The molecule has 0 bridgehead atoms. The number of halogens is 1. The Morgan fingerprint density at radius 1 is 1.19 bits per heavy atom. The minimum absolute atomic E-state index is 0.297. The van der Waals surface area contributed by atoms with Crippen LogP contribution in [0.1, 0.15) is 17.1 Å². The lowest BCUT2D eigenvalue weighted by molar-refractivity contribution is 0.397. The monoisotopic (exact) mass is 303 g/mol. The van der Waals surface area contributed by atoms with Crippen molar-refractivity contribution in [1.29, 1.82) is 0 Å². The molecule has 108 valence electrons. The van der Waals surface area contributed by atoms with Crippen LogP contribution >= 0.6 is 11.6 Å². The fraction of sp³-hybridized carbons (Fsp3) is 0.286. The van der Waals surface area contributed by atoms with Crippen LogP contribution < -0.4 is 4.74 Å². The van der Waals surface area contributed by atoms with Crippen LogP contribution in [0.2, 0.25) is 5.28 Å². The highest BCUT2D eigenvalue weighted by Crippen LogP contribution is 2.31. The Morgan fingerprint density at radius 3 is 2.62 bits per heavy atom. The highest BCUT2D eigenvalue weighted by molar-refractivity contribution is 6.28. The molecule has 0 saturated heterocycles. The fourth-order valence-electron chi connectivity index (χ4n) is 2.33. The standard InChI is InChI=1S/C14H14ClN5O/c1-7-5-11(21-4)16-6-10(7)12-8(2)19-20-13(12)17-9(3)18-14(20)15/h5-6H,1-4H3. The summed E-state index contributed by atoms with van der Waals surface area (Å²) in [6.07, 6.45) is 1.77. The lowest BCUT2D eigenvalue weighted by Crippen LogP contribution is -1.99. The molecule has 3 rings (SSSR count). The molecule has 0 aromatic carbocycles. The van der Waals surface area contributed by atoms with Gasteiger partial charge < -0.3 is 4.74 Å². The Hall–Kier alpha value is -2.21. The quantitative estimate of drug-likeness (QED) is 0.728. The Labute approximate surface area is 126 Å². The molecule has 21 heavy (non-hydrogen) atoms. The topological polar surface area (TPSA) is 65.2 Å². The van der Waals surface area contributed by atoms with Crippen molar-refractivity contribution in [3.63, 3.8) is 0 Å². The van der Waals surface area contributed by atoms with Gasteiger partial charge in [-0.25, -0.2) is 15.0 Å². The van der Waals surface area contributed by atoms with Gasteiger partial charge in [0.15, 0.2) is 5.65 Å². The predicted molar refractivity (Wildman–Crippen MR) is 79.8 cm³/mol. The maximum absolute atomic E-state index is 6.14. The molecule has 0 aliphatic heterocycles. The summed E-state index contributed by atoms with van der Waals surface area (Å²) in [4.78, 5) is 12.9. The van der Waals surface area contributed by atoms with E-state index in [1.807, 2.05) is 19.9 Å². The number of fused-ring (bicyclic) bond motifs is 1. The molecule has 0 saturated carbocycles. The molecule has 0 aliphatic carbocycles. The van der Waals surface area contributed by atoms with E-state index in [0.29, 0.717) is 22.6 Å². The van der Waals surface area contributed by atoms with Crippen molar-refractivity contribution < 1.29 is 4.74 Å². The lowest BCUT2D eigenvalue weighted by atomic mass is 10.0. The Balaban J connectivity index is 2.32. The van der Waals surface area contributed by atoms with Gasteiger partial charge in [0.2, 0.25) is 11.2 Å². The summed E-state index contributed by atoms with van der Waals surface area (Å²) in [7, 11) is 1.60. The van der Waals surface area contributed by atoms with Gasteiger partial charge in [-0.15, -0.1) is 0 Å². The molecule has 0 amide bonds. The predicted octanol–water partition coefficient (Wildman–Crippen LogP) is 2.77. The van der Waals surface area contributed by atoms with Crippen molar-refractivity contribution in [2.75, 3.05) is 7.11 Å². The minimum Gasteiger partial charge on any atom is -0.481 e. The van der Waals surface area contributed by atoms with E-state index >= 15 is 0 Å². The second kappa shape index (κ2) is 4.96. The first-order chi connectivity index (χ1) is 10.0. The van der Waals surface area contributed by atoms with Crippen molar-refractivity contribution in [2.24, 2.45) is 0 Å². The summed E-state index contributed by atoms with van der Waals surface area (Å²) in [5, 5.41) is 4.71. The summed E-state index contributed by atoms with van der Waals surface area (Å²) in [6, 6.07) is 1.88. The van der Waals surface area contributed by atoms with Crippen molar-refractivity contribution in [3.8, 4) is 17.0 Å². The Morgan fingerprint density at radius 2 is 1.95 bits per heavy atom. The summed E-state index contributed by atoms with van der Waals surface area (Å²) >= 11 is 6.14. The number of aromatic nitrogens is 5. The molecule has 0 unspecified atom stereocenters. The molecule has 0 radical (unpaired) electrons. The summed E-state index contributed by atoms with van der Waals surface area (Å²) in [6.45, 7) is 5.72. The smallest absolute Gasteiger partial charge is 0.227 e. The second-order valence-corrected chi connectivity index (χ2v) is 5.12. The molecule has 3 aromatic heterocycles. The highest BCUT2D eigenvalue weighted by atomic mass is 35.5. The molecule has 0 N–H and O–H groups in total. The van der Waals surface area contributed by atoms with Crippen molar-refractivity contribution in [3.05, 3.63) is 34.6 Å². The fourth-order valence-corrected chi connectivity index (χ4v) is 2.57. The van der Waals surface area contributed by atoms with E-state index in [0.717, 1.165) is 22.4 Å². The van der Waals surface area contributed by atoms with E-state index in [-0.39, 0.29) is 0 Å². The van der Waals surface area contributed by atoms with Gasteiger partial charge in [0.1, 0.15) is 5.82 Å². The van der Waals surface area contributed by atoms with Crippen LogP contribution in [0.4, 0.5) is 0 Å². The first-order valence-electron chi connectivity index (χ1n) is 6.41. The van der Waals surface area contributed by atoms with E-state index in [2.05, 4.69) is 20.1 Å². The van der Waals surface area contributed by atoms with Crippen LogP contribution in [-0.2, 0) is 0 Å². The molecule has 7 heteroatoms. The van der Waals surface area contributed by atoms with Gasteiger partial charge in [-0.3, -0.25) is 0 Å². The molecule has 0 fully saturated rings. The number of rotatable bonds is 2. The molecule has 0 atom stereocenters. The molecule has 6 nitrogen and oxygen atoms in total. The molecule has 0 spiro atoms. The van der Waals surface area contributed by atoms with Gasteiger partial charge in [0.05, 0.1) is 18.4 Å². The van der Waals surface area contributed by atoms with Gasteiger partial charge >= 0.3 is 0 Å². The Bertz CT molecular complexity index is 843. The molecular formula is C14H14ClN5O. The minimum atomic E-state index is 0.297. The highest BCUT2D eigenvalue weighted by Gasteiger charge is 2.18. The van der Waals surface area contributed by atoms with E-state index in [1.165, 1.54) is 0 Å². The number of ether oxygens (including phenoxy) is 1. The van der Waals surface area contributed by atoms with Crippen molar-refractivity contribution in [2.45, 2.75) is 20.8 Å². The largest absolute Gasteiger partial charge is 0.481 e. The zero-order valence-electron chi connectivity index (χ0n) is 12.2. The number of nitrogens with zero attached hydrogens (tertiary/aromatic N) is 5. The van der Waals surface area contributed by atoms with E-state index in [9.17, 15) is 0 Å². The number of hydrogen-bond donors (Lipinski definition) is 0. The first-order valence-corrected chi connectivity index (χ1v) is 6.79. The maximum Gasteiger partial charge on any atom is 0.227 e. The summed E-state index contributed by atoms with van der Waals surface area (Å²) in [5.41, 5.74) is 4.41. The third-order valence-electron chi connectivity index (χ3n) is 3.30. The van der Waals surface area contributed by atoms with Gasteiger partial charge in [-0.2, -0.15) is 9.61 Å². The van der Waals surface area contributed by atoms with Gasteiger partial charge in [0.25, 0.3) is 0 Å². The molecule has 0 aliphatic rings. The van der Waals surface area contributed by atoms with Gasteiger partial charge in [0, 0.05) is 17.8 Å². The summed E-state index contributed by atoms with van der Waals surface area (Å²) in [5.74, 6) is 1.18. The molecule has 3 aromatic rings. The van der Waals surface area contributed by atoms with Crippen LogP contribution in [0.25, 0.3) is 16.8 Å².